The minimum atomic E-state index is -0.777. The number of rotatable bonds is 6. The lowest BCUT2D eigenvalue weighted by atomic mass is 9.95. The number of halogens is 2. The third kappa shape index (κ3) is 4.59. The van der Waals surface area contributed by atoms with E-state index in [0.29, 0.717) is 47.4 Å². The van der Waals surface area contributed by atoms with Gasteiger partial charge in [-0.25, -0.2) is 0 Å². The van der Waals surface area contributed by atoms with Gasteiger partial charge in [0.2, 0.25) is 5.91 Å². The van der Waals surface area contributed by atoms with Gasteiger partial charge in [0.15, 0.2) is 0 Å². The molecule has 11 heteroatoms. The lowest BCUT2D eigenvalue weighted by Gasteiger charge is -2.28. The van der Waals surface area contributed by atoms with Crippen molar-refractivity contribution in [1.82, 2.24) is 10.2 Å². The van der Waals surface area contributed by atoms with Crippen LogP contribution in [0.2, 0.25) is 10.0 Å². The molecule has 2 amide bonds. The first-order chi connectivity index (χ1) is 16.4. The summed E-state index contributed by atoms with van der Waals surface area (Å²) >= 11 is 12.3. The summed E-state index contributed by atoms with van der Waals surface area (Å²) in [5.74, 6) is -1.16. The molecule has 0 bridgehead atoms. The van der Waals surface area contributed by atoms with Gasteiger partial charge in [-0.3, -0.25) is 14.9 Å². The van der Waals surface area contributed by atoms with Crippen molar-refractivity contribution in [2.24, 2.45) is 0 Å². The van der Waals surface area contributed by atoms with Gasteiger partial charge in [0.05, 0.1) is 18.6 Å². The molecule has 0 unspecified atom stereocenters. The van der Waals surface area contributed by atoms with E-state index in [2.05, 4.69) is 25.7 Å². The molecule has 3 aromatic rings. The van der Waals surface area contributed by atoms with E-state index < -0.39 is 11.3 Å². The van der Waals surface area contributed by atoms with E-state index in [0.717, 1.165) is 18.8 Å². The van der Waals surface area contributed by atoms with Crippen molar-refractivity contribution in [3.05, 3.63) is 64.0 Å². The van der Waals surface area contributed by atoms with E-state index in [-0.39, 0.29) is 17.8 Å². The van der Waals surface area contributed by atoms with Crippen molar-refractivity contribution in [2.45, 2.75) is 18.3 Å². The zero-order chi connectivity index (χ0) is 23.7. The Balaban J connectivity index is 1.21. The molecule has 0 atom stereocenters. The summed E-state index contributed by atoms with van der Waals surface area (Å²) in [6, 6.07) is 12.3. The van der Waals surface area contributed by atoms with Crippen molar-refractivity contribution in [1.29, 1.82) is 0 Å². The standard InChI is InChI=1S/C23H21Cl2N5O4/c24-14-1-6-17(18(25)13-14)23(7-8-23)21(32)27-22-29-28-20(34-22)19(31)26-15-2-4-16(5-3-15)30-9-11-33-12-10-30/h1-6,13H,7-12H2,(H,26,31)(H,27,29,32). The number of hydrogen-bond acceptors (Lipinski definition) is 7. The Morgan fingerprint density at radius 1 is 0.971 bits per heavy atom. The van der Waals surface area contributed by atoms with Crippen LogP contribution in [-0.2, 0) is 14.9 Å². The fourth-order valence-corrected chi connectivity index (χ4v) is 4.55. The number of carbonyl (C=O) groups excluding carboxylic acids is 2. The highest BCUT2D eigenvalue weighted by molar-refractivity contribution is 6.35. The molecule has 2 N–H and O–H groups in total. The maximum absolute atomic E-state index is 12.9. The van der Waals surface area contributed by atoms with E-state index in [1.54, 1.807) is 30.3 Å². The first kappa shape index (κ1) is 22.6. The number of carbonyl (C=O) groups is 2. The van der Waals surface area contributed by atoms with Gasteiger partial charge >= 0.3 is 17.8 Å². The number of hydrogen-bond donors (Lipinski definition) is 2. The SMILES string of the molecule is O=C(Nc1ccc(N2CCOCC2)cc1)c1nnc(NC(=O)C2(c3ccc(Cl)cc3Cl)CC2)o1. The highest BCUT2D eigenvalue weighted by atomic mass is 35.5. The van der Waals surface area contributed by atoms with Gasteiger partial charge in [-0.1, -0.05) is 34.4 Å². The minimum Gasteiger partial charge on any atom is -0.399 e. The Morgan fingerprint density at radius 2 is 1.71 bits per heavy atom. The molecule has 9 nitrogen and oxygen atoms in total. The predicted molar refractivity (Wildman–Crippen MR) is 128 cm³/mol. The van der Waals surface area contributed by atoms with Crippen LogP contribution in [0, 0.1) is 0 Å². The van der Waals surface area contributed by atoms with Crippen LogP contribution in [0.5, 0.6) is 0 Å². The number of ether oxygens (including phenoxy) is 1. The van der Waals surface area contributed by atoms with Crippen LogP contribution in [-0.4, -0.2) is 48.3 Å². The summed E-state index contributed by atoms with van der Waals surface area (Å²) < 4.78 is 10.7. The van der Waals surface area contributed by atoms with E-state index in [1.807, 2.05) is 12.1 Å². The third-order valence-electron chi connectivity index (χ3n) is 5.97. The third-order valence-corrected chi connectivity index (χ3v) is 6.52. The summed E-state index contributed by atoms with van der Waals surface area (Å²) in [6.07, 6.45) is 1.25. The van der Waals surface area contributed by atoms with Gasteiger partial charge in [-0.2, -0.15) is 0 Å². The predicted octanol–water partition coefficient (Wildman–Crippen LogP) is 4.14. The lowest BCUT2D eigenvalue weighted by Crippen LogP contribution is -2.36. The monoisotopic (exact) mass is 501 g/mol. The maximum atomic E-state index is 12.9. The van der Waals surface area contributed by atoms with Crippen molar-refractivity contribution in [2.75, 3.05) is 41.8 Å². The molecule has 1 aliphatic carbocycles. The second-order valence-electron chi connectivity index (χ2n) is 8.17. The van der Waals surface area contributed by atoms with Crippen LogP contribution in [0.4, 0.5) is 17.4 Å². The highest BCUT2D eigenvalue weighted by Gasteiger charge is 2.52. The van der Waals surface area contributed by atoms with E-state index in [9.17, 15) is 9.59 Å². The van der Waals surface area contributed by atoms with Crippen molar-refractivity contribution >= 4 is 52.4 Å². The number of amides is 2. The molecule has 2 aromatic carbocycles. The van der Waals surface area contributed by atoms with Crippen molar-refractivity contribution < 1.29 is 18.7 Å². The minimum absolute atomic E-state index is 0.158. The number of nitrogens with zero attached hydrogens (tertiary/aromatic N) is 3. The number of morpholine rings is 1. The van der Waals surface area contributed by atoms with E-state index in [1.165, 1.54) is 0 Å². The Morgan fingerprint density at radius 3 is 2.38 bits per heavy atom. The van der Waals surface area contributed by atoms with Crippen LogP contribution in [0.3, 0.4) is 0 Å². The van der Waals surface area contributed by atoms with Gasteiger partial charge in [0.25, 0.3) is 0 Å². The molecule has 2 fully saturated rings. The summed E-state index contributed by atoms with van der Waals surface area (Å²) in [6.45, 7) is 3.05. The molecule has 1 aliphatic heterocycles. The van der Waals surface area contributed by atoms with Crippen LogP contribution in [0.15, 0.2) is 46.9 Å². The lowest BCUT2D eigenvalue weighted by molar-refractivity contribution is -0.118. The zero-order valence-corrected chi connectivity index (χ0v) is 19.5. The number of benzene rings is 2. The zero-order valence-electron chi connectivity index (χ0n) is 18.0. The summed E-state index contributed by atoms with van der Waals surface area (Å²) in [5.41, 5.74) is 1.55. The molecule has 1 saturated heterocycles. The Bertz CT molecular complexity index is 1220. The fraction of sp³-hybridized carbons (Fsp3) is 0.304. The molecule has 5 rings (SSSR count). The molecule has 1 aromatic heterocycles. The quantitative estimate of drug-likeness (QED) is 0.522. The molecule has 176 valence electrons. The Hall–Kier alpha value is -3.14. The average Bonchev–Trinajstić information content (AvgIpc) is 3.51. The van der Waals surface area contributed by atoms with Gasteiger partial charge < -0.3 is 19.4 Å². The van der Waals surface area contributed by atoms with Gasteiger partial charge in [0.1, 0.15) is 0 Å². The summed E-state index contributed by atoms with van der Waals surface area (Å²) in [7, 11) is 0. The number of anilines is 3. The first-order valence-electron chi connectivity index (χ1n) is 10.8. The van der Waals surface area contributed by atoms with E-state index in [4.69, 9.17) is 32.4 Å². The molecule has 34 heavy (non-hydrogen) atoms. The normalized spacial score (nSPS) is 16.7. The van der Waals surface area contributed by atoms with Crippen LogP contribution in [0.25, 0.3) is 0 Å². The summed E-state index contributed by atoms with van der Waals surface area (Å²) in [4.78, 5) is 27.7. The van der Waals surface area contributed by atoms with Crippen molar-refractivity contribution in [3.63, 3.8) is 0 Å². The summed E-state index contributed by atoms with van der Waals surface area (Å²) in [5, 5.41) is 13.8. The second kappa shape index (κ2) is 9.25. The number of aromatic nitrogens is 2. The van der Waals surface area contributed by atoms with Gasteiger partial charge in [-0.15, -0.1) is 5.10 Å². The molecule has 2 aliphatic rings. The molecular weight excluding hydrogens is 481 g/mol. The fourth-order valence-electron chi connectivity index (χ4n) is 3.97. The average molecular weight is 502 g/mol. The Labute approximate surface area is 205 Å². The van der Waals surface area contributed by atoms with Gasteiger partial charge in [0, 0.05) is 34.5 Å². The topological polar surface area (TPSA) is 110 Å². The molecule has 0 radical (unpaired) electrons. The first-order valence-corrected chi connectivity index (χ1v) is 11.5. The van der Waals surface area contributed by atoms with Crippen molar-refractivity contribution in [3.8, 4) is 0 Å². The van der Waals surface area contributed by atoms with Gasteiger partial charge in [-0.05, 0) is 54.8 Å². The highest BCUT2D eigenvalue weighted by Crippen LogP contribution is 2.51. The molecule has 0 spiro atoms. The second-order valence-corrected chi connectivity index (χ2v) is 9.02. The Kier molecular flexibility index (Phi) is 6.16. The van der Waals surface area contributed by atoms with Crippen LogP contribution < -0.4 is 15.5 Å². The molecule has 2 heterocycles. The molecular formula is C23H21Cl2N5O4. The van der Waals surface area contributed by atoms with Crippen LogP contribution in [0.1, 0.15) is 29.1 Å². The smallest absolute Gasteiger partial charge is 0.322 e. The van der Waals surface area contributed by atoms with Crippen LogP contribution >= 0.6 is 23.2 Å². The molecule has 1 saturated carbocycles. The largest absolute Gasteiger partial charge is 0.399 e. The maximum Gasteiger partial charge on any atom is 0.322 e. The number of nitrogens with one attached hydrogen (secondary N) is 2. The van der Waals surface area contributed by atoms with E-state index >= 15 is 0 Å².